The number of anilines is 1. The third-order valence-electron chi connectivity index (χ3n) is 4.65. The lowest BCUT2D eigenvalue weighted by Gasteiger charge is -2.31. The summed E-state index contributed by atoms with van der Waals surface area (Å²) in [5.74, 6) is -1.39. The lowest BCUT2D eigenvalue weighted by molar-refractivity contribution is 0.181. The van der Waals surface area contributed by atoms with Gasteiger partial charge in [0.2, 0.25) is 10.0 Å². The van der Waals surface area contributed by atoms with Gasteiger partial charge in [0.1, 0.15) is 28.5 Å². The molecule has 28 heavy (non-hydrogen) atoms. The lowest BCUT2D eigenvalue weighted by Crippen LogP contribution is -2.47. The van der Waals surface area contributed by atoms with Gasteiger partial charge in [0.05, 0.1) is 5.56 Å². The molecule has 3 rings (SSSR count). The van der Waals surface area contributed by atoms with E-state index in [0.29, 0.717) is 26.2 Å². The molecule has 0 bridgehead atoms. The van der Waals surface area contributed by atoms with Crippen molar-refractivity contribution < 1.29 is 22.3 Å². The number of nitrogens with zero attached hydrogens (tertiary/aromatic N) is 3. The number of pyridine rings is 1. The summed E-state index contributed by atoms with van der Waals surface area (Å²) in [6.45, 7) is 1.97. The average Bonchev–Trinajstić information content (AvgIpc) is 2.67. The van der Waals surface area contributed by atoms with Crippen molar-refractivity contribution in [2.45, 2.75) is 11.0 Å². The smallest absolute Gasteiger partial charge is 0.244 e. The van der Waals surface area contributed by atoms with Gasteiger partial charge in [-0.1, -0.05) is 6.07 Å². The molecule has 1 aromatic heterocycles. The van der Waals surface area contributed by atoms with Gasteiger partial charge in [-0.2, -0.15) is 4.31 Å². The van der Waals surface area contributed by atoms with Crippen LogP contribution in [0.3, 0.4) is 0 Å². The van der Waals surface area contributed by atoms with Crippen LogP contribution in [0.15, 0.2) is 41.4 Å². The maximum Gasteiger partial charge on any atom is 0.244 e. The summed E-state index contributed by atoms with van der Waals surface area (Å²) < 4.78 is 54.1. The second-order valence-electron chi connectivity index (χ2n) is 6.62. The van der Waals surface area contributed by atoms with Crippen molar-refractivity contribution in [3.63, 3.8) is 0 Å². The standard InChI is InChI=1S/C18H22F2N4O3S/c1-23-7-9-24(10-8-23)28(26,27)13-5-6-17(21-11-13)22-12-16(25)18-14(19)3-2-4-15(18)20/h2-6,11,16,25H,7-10,12H2,1H3,(H,21,22). The zero-order chi connectivity index (χ0) is 20.3. The molecule has 0 aliphatic carbocycles. The minimum Gasteiger partial charge on any atom is -0.386 e. The van der Waals surface area contributed by atoms with Crippen LogP contribution in [0.1, 0.15) is 11.7 Å². The summed E-state index contributed by atoms with van der Waals surface area (Å²) in [6.07, 6.45) is -0.191. The van der Waals surface area contributed by atoms with E-state index in [0.717, 1.165) is 12.1 Å². The topological polar surface area (TPSA) is 85.8 Å². The van der Waals surface area contributed by atoms with Crippen molar-refractivity contribution >= 4 is 15.8 Å². The first-order valence-electron chi connectivity index (χ1n) is 8.79. The molecular formula is C18H22F2N4O3S. The first-order chi connectivity index (χ1) is 13.3. The van der Waals surface area contributed by atoms with E-state index in [1.807, 2.05) is 7.05 Å². The molecule has 7 nitrogen and oxygen atoms in total. The van der Waals surface area contributed by atoms with Crippen LogP contribution in [0.4, 0.5) is 14.6 Å². The molecule has 1 aliphatic heterocycles. The van der Waals surface area contributed by atoms with E-state index >= 15 is 0 Å². The van der Waals surface area contributed by atoms with Crippen LogP contribution < -0.4 is 5.32 Å². The molecule has 1 saturated heterocycles. The first-order valence-corrected chi connectivity index (χ1v) is 10.2. The monoisotopic (exact) mass is 412 g/mol. The molecule has 0 spiro atoms. The highest BCUT2D eigenvalue weighted by Gasteiger charge is 2.27. The highest BCUT2D eigenvalue weighted by atomic mass is 32.2. The minimum absolute atomic E-state index is 0.0725. The number of sulfonamides is 1. The SMILES string of the molecule is CN1CCN(S(=O)(=O)c2ccc(NCC(O)c3c(F)cccc3F)nc2)CC1. The number of rotatable bonds is 6. The molecule has 1 unspecified atom stereocenters. The maximum atomic E-state index is 13.7. The van der Waals surface area contributed by atoms with Gasteiger partial charge in [0.15, 0.2) is 0 Å². The largest absolute Gasteiger partial charge is 0.386 e. The number of hydrogen-bond donors (Lipinski definition) is 2. The normalized spacial score (nSPS) is 17.4. The van der Waals surface area contributed by atoms with Crippen LogP contribution in [0.2, 0.25) is 0 Å². The Balaban J connectivity index is 1.64. The lowest BCUT2D eigenvalue weighted by atomic mass is 10.1. The number of piperazine rings is 1. The Kier molecular flexibility index (Phi) is 6.23. The number of aliphatic hydroxyl groups excluding tert-OH is 1. The van der Waals surface area contributed by atoms with Crippen LogP contribution in [0.25, 0.3) is 0 Å². The van der Waals surface area contributed by atoms with E-state index in [1.165, 1.54) is 28.7 Å². The van der Waals surface area contributed by atoms with E-state index in [1.54, 1.807) is 0 Å². The Morgan fingerprint density at radius 1 is 1.14 bits per heavy atom. The zero-order valence-electron chi connectivity index (χ0n) is 15.3. The first kappa shape index (κ1) is 20.6. The summed E-state index contributed by atoms with van der Waals surface area (Å²) in [7, 11) is -1.68. The summed E-state index contributed by atoms with van der Waals surface area (Å²) in [6, 6.07) is 6.22. The molecule has 1 fully saturated rings. The van der Waals surface area contributed by atoms with E-state index in [9.17, 15) is 22.3 Å². The van der Waals surface area contributed by atoms with Crippen molar-refractivity contribution in [1.82, 2.24) is 14.2 Å². The molecule has 152 valence electrons. The van der Waals surface area contributed by atoms with Crippen LogP contribution in [-0.2, 0) is 10.0 Å². The number of benzene rings is 1. The van der Waals surface area contributed by atoms with Gasteiger partial charge >= 0.3 is 0 Å². The molecule has 0 radical (unpaired) electrons. The van der Waals surface area contributed by atoms with Gasteiger partial charge < -0.3 is 15.3 Å². The van der Waals surface area contributed by atoms with E-state index in [-0.39, 0.29) is 17.3 Å². The predicted octanol–water partition coefficient (Wildman–Crippen LogP) is 1.44. The van der Waals surface area contributed by atoms with Crippen LogP contribution in [0.5, 0.6) is 0 Å². The number of likely N-dealkylation sites (N-methyl/N-ethyl adjacent to an activating group) is 1. The van der Waals surface area contributed by atoms with Gasteiger partial charge in [-0.3, -0.25) is 0 Å². The molecule has 0 saturated carbocycles. The third kappa shape index (κ3) is 4.46. The Labute approximate surface area is 162 Å². The Bertz CT molecular complexity index is 897. The fourth-order valence-corrected chi connectivity index (χ4v) is 4.32. The van der Waals surface area contributed by atoms with E-state index in [4.69, 9.17) is 0 Å². The maximum absolute atomic E-state index is 13.7. The Morgan fingerprint density at radius 3 is 2.36 bits per heavy atom. The van der Waals surface area contributed by atoms with Crippen LogP contribution in [-0.4, -0.2) is 67.5 Å². The third-order valence-corrected chi connectivity index (χ3v) is 6.53. The quantitative estimate of drug-likeness (QED) is 0.747. The number of hydrogen-bond acceptors (Lipinski definition) is 6. The highest BCUT2D eigenvalue weighted by Crippen LogP contribution is 2.22. The fraction of sp³-hybridized carbons (Fsp3) is 0.389. The molecule has 2 heterocycles. The molecular weight excluding hydrogens is 390 g/mol. The molecule has 1 aliphatic rings. The van der Waals surface area contributed by atoms with Crippen molar-refractivity contribution in [2.75, 3.05) is 45.1 Å². The van der Waals surface area contributed by atoms with Crippen LogP contribution in [0, 0.1) is 11.6 Å². The van der Waals surface area contributed by atoms with Gasteiger partial charge in [0.25, 0.3) is 0 Å². The Hall–Kier alpha value is -2.14. The number of nitrogens with one attached hydrogen (secondary N) is 1. The predicted molar refractivity (Wildman–Crippen MR) is 100 cm³/mol. The zero-order valence-corrected chi connectivity index (χ0v) is 16.2. The number of halogens is 2. The Morgan fingerprint density at radius 2 is 1.79 bits per heavy atom. The van der Waals surface area contributed by atoms with Crippen LogP contribution >= 0.6 is 0 Å². The second kappa shape index (κ2) is 8.48. The summed E-state index contributed by atoms with van der Waals surface area (Å²) in [5, 5.41) is 12.8. The molecule has 0 amide bonds. The van der Waals surface area contributed by atoms with Gasteiger partial charge in [-0.05, 0) is 31.3 Å². The molecule has 2 aromatic rings. The summed E-state index contributed by atoms with van der Waals surface area (Å²) in [4.78, 5) is 6.17. The van der Waals surface area contributed by atoms with E-state index in [2.05, 4.69) is 15.2 Å². The van der Waals surface area contributed by atoms with Gasteiger partial charge in [0, 0.05) is 38.9 Å². The van der Waals surface area contributed by atoms with Crippen molar-refractivity contribution in [1.29, 1.82) is 0 Å². The molecule has 1 atom stereocenters. The summed E-state index contributed by atoms with van der Waals surface area (Å²) in [5.41, 5.74) is -0.427. The molecule has 2 N–H and O–H groups in total. The highest BCUT2D eigenvalue weighted by molar-refractivity contribution is 7.89. The van der Waals surface area contributed by atoms with Crippen molar-refractivity contribution in [2.24, 2.45) is 0 Å². The average molecular weight is 412 g/mol. The number of aliphatic hydroxyl groups is 1. The molecule has 10 heteroatoms. The molecule has 1 aromatic carbocycles. The fourth-order valence-electron chi connectivity index (χ4n) is 2.95. The second-order valence-corrected chi connectivity index (χ2v) is 8.56. The van der Waals surface area contributed by atoms with Crippen molar-refractivity contribution in [3.8, 4) is 0 Å². The van der Waals surface area contributed by atoms with Crippen molar-refractivity contribution in [3.05, 3.63) is 53.7 Å². The van der Waals surface area contributed by atoms with E-state index < -0.39 is 33.3 Å². The number of aromatic nitrogens is 1. The van der Waals surface area contributed by atoms with Gasteiger partial charge in [-0.15, -0.1) is 0 Å². The minimum atomic E-state index is -3.62. The summed E-state index contributed by atoms with van der Waals surface area (Å²) >= 11 is 0. The van der Waals surface area contributed by atoms with Gasteiger partial charge in [-0.25, -0.2) is 22.2 Å².